The number of nitrogens with one attached hydrogen (secondary N) is 2. The number of rotatable bonds is 7. The van der Waals surface area contributed by atoms with Crippen LogP contribution >= 0.6 is 0 Å². The third-order valence-corrected chi connectivity index (χ3v) is 4.15. The van der Waals surface area contributed by atoms with Gasteiger partial charge in [0.2, 0.25) is 11.8 Å². The van der Waals surface area contributed by atoms with Crippen molar-refractivity contribution in [3.63, 3.8) is 0 Å². The Labute approximate surface area is 164 Å². The lowest BCUT2D eigenvalue weighted by atomic mass is 10.1. The van der Waals surface area contributed by atoms with E-state index in [1.165, 1.54) is 6.08 Å². The van der Waals surface area contributed by atoms with Crippen molar-refractivity contribution in [3.05, 3.63) is 96.6 Å². The maximum absolute atomic E-state index is 12.0. The zero-order valence-corrected chi connectivity index (χ0v) is 15.5. The lowest BCUT2D eigenvalue weighted by Crippen LogP contribution is -2.26. The Morgan fingerprint density at radius 1 is 0.750 bits per heavy atom. The Morgan fingerprint density at radius 3 is 2.04 bits per heavy atom. The molecule has 0 aromatic heterocycles. The minimum Gasteiger partial charge on any atom is -0.352 e. The van der Waals surface area contributed by atoms with E-state index in [0.717, 1.165) is 22.4 Å². The Morgan fingerprint density at radius 2 is 1.36 bits per heavy atom. The highest BCUT2D eigenvalue weighted by Gasteiger charge is 2.04. The fourth-order valence-electron chi connectivity index (χ4n) is 2.69. The van der Waals surface area contributed by atoms with Gasteiger partial charge in [0.05, 0.1) is 0 Å². The van der Waals surface area contributed by atoms with Crippen LogP contribution in [-0.2, 0) is 9.59 Å². The number of amides is 2. The number of carbonyl (C=O) groups is 2. The van der Waals surface area contributed by atoms with Crippen LogP contribution in [0.3, 0.4) is 0 Å². The molecular weight excluding hydrogens is 348 g/mol. The van der Waals surface area contributed by atoms with Gasteiger partial charge in [-0.1, -0.05) is 72.8 Å². The first-order chi connectivity index (χ1) is 13.7. The molecular formula is C24H22N2O2. The number of carbonyl (C=O) groups excluding carboxylic acids is 2. The van der Waals surface area contributed by atoms with Gasteiger partial charge in [0.1, 0.15) is 0 Å². The highest BCUT2D eigenvalue weighted by Crippen LogP contribution is 2.20. The van der Waals surface area contributed by atoms with Crippen LogP contribution < -0.4 is 10.6 Å². The molecule has 28 heavy (non-hydrogen) atoms. The molecule has 0 spiro atoms. The maximum Gasteiger partial charge on any atom is 0.244 e. The first-order valence-electron chi connectivity index (χ1n) is 9.17. The normalized spacial score (nSPS) is 10.6. The molecule has 0 atom stereocenters. The highest BCUT2D eigenvalue weighted by molar-refractivity contribution is 5.93. The quantitative estimate of drug-likeness (QED) is 0.601. The van der Waals surface area contributed by atoms with E-state index in [9.17, 15) is 9.59 Å². The SMILES string of the molecule is O=C(/C=C/c1ccccc1)NCCC(=O)Nc1ccc(-c2ccccc2)cc1. The summed E-state index contributed by atoms with van der Waals surface area (Å²) in [7, 11) is 0. The largest absolute Gasteiger partial charge is 0.352 e. The van der Waals surface area contributed by atoms with E-state index in [1.54, 1.807) is 6.08 Å². The molecule has 0 aliphatic rings. The summed E-state index contributed by atoms with van der Waals surface area (Å²) in [4.78, 5) is 23.8. The molecule has 0 fully saturated rings. The van der Waals surface area contributed by atoms with Crippen molar-refractivity contribution < 1.29 is 9.59 Å². The lowest BCUT2D eigenvalue weighted by Gasteiger charge is -2.07. The molecule has 3 rings (SSSR count). The van der Waals surface area contributed by atoms with Gasteiger partial charge < -0.3 is 10.6 Å². The molecule has 140 valence electrons. The average Bonchev–Trinajstić information content (AvgIpc) is 2.74. The molecule has 0 saturated carbocycles. The molecule has 0 unspecified atom stereocenters. The summed E-state index contributed by atoms with van der Waals surface area (Å²) in [5.74, 6) is -0.358. The molecule has 3 aromatic carbocycles. The van der Waals surface area contributed by atoms with E-state index in [2.05, 4.69) is 10.6 Å². The Bertz CT molecular complexity index is 933. The Balaban J connectivity index is 1.42. The Hall–Kier alpha value is -3.66. The third kappa shape index (κ3) is 5.95. The molecule has 4 nitrogen and oxygen atoms in total. The van der Waals surface area contributed by atoms with Gasteiger partial charge in [0.15, 0.2) is 0 Å². The van der Waals surface area contributed by atoms with Gasteiger partial charge in [-0.2, -0.15) is 0 Å². The van der Waals surface area contributed by atoms with E-state index in [-0.39, 0.29) is 24.8 Å². The van der Waals surface area contributed by atoms with E-state index in [4.69, 9.17) is 0 Å². The lowest BCUT2D eigenvalue weighted by molar-refractivity contribution is -0.117. The monoisotopic (exact) mass is 370 g/mol. The molecule has 2 amide bonds. The number of anilines is 1. The second-order valence-electron chi connectivity index (χ2n) is 6.28. The zero-order chi connectivity index (χ0) is 19.6. The summed E-state index contributed by atoms with van der Waals surface area (Å²) in [5, 5.41) is 5.56. The van der Waals surface area contributed by atoms with Crippen molar-refractivity contribution >= 4 is 23.6 Å². The maximum atomic E-state index is 12.0. The summed E-state index contributed by atoms with van der Waals surface area (Å²) >= 11 is 0. The fraction of sp³-hybridized carbons (Fsp3) is 0.0833. The minimum atomic E-state index is -0.219. The second kappa shape index (κ2) is 9.88. The van der Waals surface area contributed by atoms with Crippen LogP contribution in [0.2, 0.25) is 0 Å². The predicted octanol–water partition coefficient (Wildman–Crippen LogP) is 4.51. The van der Waals surface area contributed by atoms with Crippen LogP contribution in [0, 0.1) is 0 Å². The van der Waals surface area contributed by atoms with Gasteiger partial charge >= 0.3 is 0 Å². The van der Waals surface area contributed by atoms with Crippen molar-refractivity contribution in [3.8, 4) is 11.1 Å². The van der Waals surface area contributed by atoms with Crippen molar-refractivity contribution in [2.75, 3.05) is 11.9 Å². The molecule has 3 aromatic rings. The van der Waals surface area contributed by atoms with E-state index >= 15 is 0 Å². The summed E-state index contributed by atoms with van der Waals surface area (Å²) in [6.07, 6.45) is 3.42. The molecule has 0 radical (unpaired) electrons. The van der Waals surface area contributed by atoms with Gasteiger partial charge in [0, 0.05) is 24.7 Å². The summed E-state index contributed by atoms with van der Waals surface area (Å²) in [5.41, 5.74) is 3.91. The minimum absolute atomic E-state index is 0.139. The zero-order valence-electron chi connectivity index (χ0n) is 15.5. The third-order valence-electron chi connectivity index (χ3n) is 4.15. The molecule has 4 heteroatoms. The molecule has 0 aliphatic carbocycles. The van der Waals surface area contributed by atoms with Crippen molar-refractivity contribution in [1.29, 1.82) is 0 Å². The van der Waals surface area contributed by atoms with Crippen LogP contribution in [-0.4, -0.2) is 18.4 Å². The molecule has 0 bridgehead atoms. The molecule has 2 N–H and O–H groups in total. The van der Waals surface area contributed by atoms with E-state index in [0.29, 0.717) is 0 Å². The smallest absolute Gasteiger partial charge is 0.244 e. The Kier molecular flexibility index (Phi) is 6.74. The summed E-state index contributed by atoms with van der Waals surface area (Å²) in [6.45, 7) is 0.284. The van der Waals surface area contributed by atoms with Gasteiger partial charge in [-0.05, 0) is 34.9 Å². The number of hydrogen-bond acceptors (Lipinski definition) is 2. The van der Waals surface area contributed by atoms with Crippen LogP contribution in [0.25, 0.3) is 17.2 Å². The molecule has 0 saturated heterocycles. The number of hydrogen-bond donors (Lipinski definition) is 2. The summed E-state index contributed by atoms with van der Waals surface area (Å²) in [6, 6.07) is 27.3. The molecule has 0 aliphatic heterocycles. The van der Waals surface area contributed by atoms with Gasteiger partial charge in [-0.3, -0.25) is 9.59 Å². The predicted molar refractivity (Wildman–Crippen MR) is 114 cm³/mol. The van der Waals surface area contributed by atoms with Crippen molar-refractivity contribution in [1.82, 2.24) is 5.32 Å². The van der Waals surface area contributed by atoms with Gasteiger partial charge in [0.25, 0.3) is 0 Å². The van der Waals surface area contributed by atoms with Crippen molar-refractivity contribution in [2.45, 2.75) is 6.42 Å². The second-order valence-corrected chi connectivity index (χ2v) is 6.28. The first-order valence-corrected chi connectivity index (χ1v) is 9.17. The van der Waals surface area contributed by atoms with E-state index < -0.39 is 0 Å². The standard InChI is InChI=1S/C24H22N2O2/c27-23(16-11-19-7-3-1-4-8-19)25-18-17-24(28)26-22-14-12-21(13-15-22)20-9-5-2-6-10-20/h1-16H,17-18H2,(H,25,27)(H,26,28)/b16-11+. The van der Waals surface area contributed by atoms with Crippen LogP contribution in [0.4, 0.5) is 5.69 Å². The van der Waals surface area contributed by atoms with Crippen LogP contribution in [0.1, 0.15) is 12.0 Å². The number of benzene rings is 3. The van der Waals surface area contributed by atoms with Crippen molar-refractivity contribution in [2.24, 2.45) is 0 Å². The average molecular weight is 370 g/mol. The van der Waals surface area contributed by atoms with Gasteiger partial charge in [-0.25, -0.2) is 0 Å². The van der Waals surface area contributed by atoms with Gasteiger partial charge in [-0.15, -0.1) is 0 Å². The van der Waals surface area contributed by atoms with E-state index in [1.807, 2.05) is 84.9 Å². The highest BCUT2D eigenvalue weighted by atomic mass is 16.2. The topological polar surface area (TPSA) is 58.2 Å². The van der Waals surface area contributed by atoms with Crippen LogP contribution in [0.15, 0.2) is 91.0 Å². The first kappa shape index (κ1) is 19.1. The summed E-state index contributed by atoms with van der Waals surface area (Å²) < 4.78 is 0. The fourth-order valence-corrected chi connectivity index (χ4v) is 2.69. The van der Waals surface area contributed by atoms with Crippen LogP contribution in [0.5, 0.6) is 0 Å². The molecule has 0 heterocycles.